The topological polar surface area (TPSA) is 10.6 Å². The van der Waals surface area contributed by atoms with Gasteiger partial charge in [-0.15, -0.1) is 6.58 Å². The zero-order valence-electron chi connectivity index (χ0n) is 28.2. The first kappa shape index (κ1) is 30.9. The molecule has 4 aromatic carbocycles. The van der Waals surface area contributed by atoms with Gasteiger partial charge in [0.05, 0.1) is 5.56 Å². The molecule has 0 N–H and O–H groups in total. The van der Waals surface area contributed by atoms with Crippen molar-refractivity contribution in [1.29, 1.82) is 0 Å². The van der Waals surface area contributed by atoms with Crippen LogP contribution >= 0.6 is 0 Å². The summed E-state index contributed by atoms with van der Waals surface area (Å²) in [6, 6.07) is 26.5. The van der Waals surface area contributed by atoms with Crippen molar-refractivity contribution in [2.24, 2.45) is 5.92 Å². The van der Waals surface area contributed by atoms with E-state index in [-0.39, 0.29) is 10.8 Å². The van der Waals surface area contributed by atoms with E-state index < -0.39 is 0 Å². The number of hydrogen-bond acceptors (Lipinski definition) is 1. The molecular weight excluding hydrogens is 571 g/mol. The molecule has 0 spiro atoms. The molecule has 236 valence electrons. The molecule has 1 saturated carbocycles. The number of benzene rings is 4. The summed E-state index contributed by atoms with van der Waals surface area (Å²) in [7, 11) is 2.19. The van der Waals surface area contributed by atoms with Gasteiger partial charge in [0.1, 0.15) is 6.54 Å². The van der Waals surface area contributed by atoms with E-state index in [2.05, 4.69) is 151 Å². The normalized spacial score (nSPS) is 23.5. The van der Waals surface area contributed by atoms with Gasteiger partial charge in [-0.2, -0.15) is 4.58 Å². The molecule has 0 bridgehead atoms. The molecular formula is C44H46N3+. The van der Waals surface area contributed by atoms with E-state index in [0.29, 0.717) is 6.54 Å². The second-order valence-electron chi connectivity index (χ2n) is 14.2. The summed E-state index contributed by atoms with van der Waals surface area (Å²) in [4.78, 5) is 6.38. The highest BCUT2D eigenvalue weighted by Crippen LogP contribution is 2.52. The van der Waals surface area contributed by atoms with Gasteiger partial charge in [-0.25, -0.2) is 6.57 Å². The van der Waals surface area contributed by atoms with Crippen molar-refractivity contribution in [1.82, 2.24) is 0 Å². The first-order valence-corrected chi connectivity index (χ1v) is 17.3. The highest BCUT2D eigenvalue weighted by atomic mass is 15.2. The third-order valence-electron chi connectivity index (χ3n) is 11.3. The molecule has 7 rings (SSSR count). The van der Waals surface area contributed by atoms with Gasteiger partial charge in [-0.3, -0.25) is 0 Å². The van der Waals surface area contributed by atoms with Gasteiger partial charge in [0.25, 0.3) is 0 Å². The van der Waals surface area contributed by atoms with E-state index in [1.807, 2.05) is 0 Å². The predicted octanol–water partition coefficient (Wildman–Crippen LogP) is 10.8. The second kappa shape index (κ2) is 12.5. The Morgan fingerprint density at radius 2 is 1.55 bits per heavy atom. The van der Waals surface area contributed by atoms with Crippen LogP contribution in [0.25, 0.3) is 26.4 Å². The van der Waals surface area contributed by atoms with Crippen LogP contribution in [0.3, 0.4) is 0 Å². The van der Waals surface area contributed by atoms with Crippen LogP contribution in [0.5, 0.6) is 0 Å². The average Bonchev–Trinajstić information content (AvgIpc) is 3.74. The number of nitrogens with zero attached hydrogens (tertiary/aromatic N) is 3. The molecule has 3 nitrogen and oxygen atoms in total. The molecule has 1 fully saturated rings. The molecule has 2 atom stereocenters. The van der Waals surface area contributed by atoms with Gasteiger partial charge in [-0.1, -0.05) is 105 Å². The monoisotopic (exact) mass is 616 g/mol. The van der Waals surface area contributed by atoms with E-state index in [0.717, 1.165) is 18.9 Å². The second-order valence-corrected chi connectivity index (χ2v) is 14.2. The summed E-state index contributed by atoms with van der Waals surface area (Å²) < 4.78 is 2.54. The molecule has 0 amide bonds. The molecule has 4 aromatic rings. The fourth-order valence-electron chi connectivity index (χ4n) is 8.96. The highest BCUT2D eigenvalue weighted by Gasteiger charge is 2.51. The quantitative estimate of drug-likeness (QED) is 0.0788. The Kier molecular flexibility index (Phi) is 8.23. The van der Waals surface area contributed by atoms with Gasteiger partial charge in [-0.05, 0) is 71.5 Å². The standard InChI is InChI=1S/C44H46N3/c1-6-29-43(2)39(46(5)37-26-24-33-18-12-14-20-35(33)41(37)43)22-8-7-9-23-40-44(3,31-45-4)42-36-21-15-13-19-34(36)25-27-38(42)47(40)30-28-32-16-10-11-17-32/h6-9,12-15,18-27,32H,1,10-11,16-17,28-31H2,2-3,5H3/q+1. The minimum Gasteiger partial charge on any atom is -0.347 e. The lowest BCUT2D eigenvalue weighted by atomic mass is 9.76. The first-order valence-electron chi connectivity index (χ1n) is 17.3. The van der Waals surface area contributed by atoms with Crippen molar-refractivity contribution < 1.29 is 4.58 Å². The van der Waals surface area contributed by atoms with Crippen LogP contribution in [-0.4, -0.2) is 30.4 Å². The maximum atomic E-state index is 8.01. The summed E-state index contributed by atoms with van der Waals surface area (Å²) in [6.07, 6.45) is 20.6. The molecule has 0 saturated heterocycles. The third-order valence-corrected chi connectivity index (χ3v) is 11.3. The number of fused-ring (bicyclic) bond motifs is 6. The number of hydrogen-bond donors (Lipinski definition) is 0. The molecule has 0 aromatic heterocycles. The first-order chi connectivity index (χ1) is 22.9. The zero-order valence-corrected chi connectivity index (χ0v) is 28.2. The lowest BCUT2D eigenvalue weighted by Gasteiger charge is -2.28. The van der Waals surface area contributed by atoms with Gasteiger partial charge in [0.2, 0.25) is 12.2 Å². The SMILES string of the molecule is [C-]#[N+]CC1(C)C(/C=C/C=C/C=C2/N(C)c3ccc4ccccc4c3C2(C)CC=C)=[N+](CCC2CCCC2)c2ccc3ccccc3c21. The minimum atomic E-state index is -0.382. The van der Waals surface area contributed by atoms with Crippen molar-refractivity contribution in [2.45, 2.75) is 63.2 Å². The van der Waals surface area contributed by atoms with Crippen molar-refractivity contribution in [3.63, 3.8) is 0 Å². The zero-order chi connectivity index (χ0) is 32.6. The summed E-state index contributed by atoms with van der Waals surface area (Å²) in [5.74, 6) is 0.804. The smallest absolute Gasteiger partial charge is 0.234 e. The fourth-order valence-corrected chi connectivity index (χ4v) is 8.96. The van der Waals surface area contributed by atoms with E-state index in [9.17, 15) is 0 Å². The Morgan fingerprint density at radius 3 is 2.26 bits per heavy atom. The van der Waals surface area contributed by atoms with Crippen molar-refractivity contribution in [3.05, 3.63) is 144 Å². The van der Waals surface area contributed by atoms with Crippen molar-refractivity contribution >= 4 is 38.6 Å². The maximum absolute atomic E-state index is 8.01. The fraction of sp³-hybridized carbons (Fsp3) is 0.318. The number of rotatable bonds is 9. The lowest BCUT2D eigenvalue weighted by molar-refractivity contribution is -0.439. The van der Waals surface area contributed by atoms with Gasteiger partial charge >= 0.3 is 0 Å². The molecule has 3 heteroatoms. The van der Waals surface area contributed by atoms with Crippen LogP contribution in [0.4, 0.5) is 11.4 Å². The van der Waals surface area contributed by atoms with Crippen LogP contribution in [0.2, 0.25) is 0 Å². The summed E-state index contributed by atoms with van der Waals surface area (Å²) in [5, 5.41) is 5.10. The largest absolute Gasteiger partial charge is 0.347 e. The number of anilines is 1. The predicted molar refractivity (Wildman–Crippen MR) is 200 cm³/mol. The summed E-state index contributed by atoms with van der Waals surface area (Å²) in [5.41, 5.74) is 7.19. The molecule has 47 heavy (non-hydrogen) atoms. The Labute approximate surface area is 280 Å². The van der Waals surface area contributed by atoms with E-state index in [4.69, 9.17) is 6.57 Å². The third kappa shape index (κ3) is 5.16. The molecule has 2 unspecified atom stereocenters. The van der Waals surface area contributed by atoms with Crippen molar-refractivity contribution in [2.75, 3.05) is 25.0 Å². The van der Waals surface area contributed by atoms with Gasteiger partial charge in [0.15, 0.2) is 11.1 Å². The van der Waals surface area contributed by atoms with Crippen LogP contribution in [0.1, 0.15) is 63.5 Å². The van der Waals surface area contributed by atoms with Crippen molar-refractivity contribution in [3.8, 4) is 0 Å². The van der Waals surface area contributed by atoms with E-state index >= 15 is 0 Å². The number of likely N-dealkylation sites (N-methyl/N-ethyl adjacent to an activating group) is 1. The van der Waals surface area contributed by atoms with Crippen LogP contribution in [-0.2, 0) is 10.8 Å². The Bertz CT molecular complexity index is 2030. The average molecular weight is 617 g/mol. The number of allylic oxidation sites excluding steroid dienone is 7. The van der Waals surface area contributed by atoms with Crippen LogP contribution < -0.4 is 4.90 Å². The molecule has 0 radical (unpaired) electrons. The Balaban J connectivity index is 1.26. The minimum absolute atomic E-state index is 0.172. The Morgan fingerprint density at radius 1 is 0.872 bits per heavy atom. The molecule has 2 aliphatic heterocycles. The molecule has 2 heterocycles. The van der Waals surface area contributed by atoms with Gasteiger partial charge in [0, 0.05) is 42.4 Å². The highest BCUT2D eigenvalue weighted by molar-refractivity contribution is 6.08. The maximum Gasteiger partial charge on any atom is 0.234 e. The summed E-state index contributed by atoms with van der Waals surface area (Å²) in [6.45, 7) is 18.2. The van der Waals surface area contributed by atoms with E-state index in [1.165, 1.54) is 87.6 Å². The van der Waals surface area contributed by atoms with Crippen LogP contribution in [0, 0.1) is 12.5 Å². The molecule has 1 aliphatic carbocycles. The lowest BCUT2D eigenvalue weighted by Crippen LogP contribution is -2.34. The molecule has 3 aliphatic rings. The van der Waals surface area contributed by atoms with E-state index in [1.54, 1.807) is 0 Å². The van der Waals surface area contributed by atoms with Crippen LogP contribution in [0.15, 0.2) is 122 Å². The van der Waals surface area contributed by atoms with Gasteiger partial charge < -0.3 is 9.74 Å². The summed E-state index contributed by atoms with van der Waals surface area (Å²) >= 11 is 0. The Hall–Kier alpha value is -4.68.